The normalized spacial score (nSPS) is 12.3. The van der Waals surface area contributed by atoms with Gasteiger partial charge in [0.2, 0.25) is 10.0 Å². The molecule has 9 heteroatoms. The molecular formula is C17H17BrN2O5S. The largest absolute Gasteiger partial charge is 0.452 e. The maximum Gasteiger partial charge on any atom is 0.311 e. The third-order valence-corrected chi connectivity index (χ3v) is 4.81. The Morgan fingerprint density at radius 2 is 1.85 bits per heavy atom. The Morgan fingerprint density at radius 1 is 1.19 bits per heavy atom. The highest BCUT2D eigenvalue weighted by atomic mass is 79.9. The maximum absolute atomic E-state index is 12.1. The predicted molar refractivity (Wildman–Crippen MR) is 99.8 cm³/mol. The molecule has 2 aromatic rings. The van der Waals surface area contributed by atoms with E-state index in [-0.39, 0.29) is 17.0 Å². The van der Waals surface area contributed by atoms with Crippen LogP contribution in [0.1, 0.15) is 12.5 Å². The molecule has 3 N–H and O–H groups in total. The first kappa shape index (κ1) is 20.1. The van der Waals surface area contributed by atoms with Crippen LogP contribution in [-0.4, -0.2) is 26.4 Å². The highest BCUT2D eigenvalue weighted by Gasteiger charge is 2.19. The number of nitrogens with one attached hydrogen (secondary N) is 1. The molecule has 1 amide bonds. The third-order valence-electron chi connectivity index (χ3n) is 3.37. The summed E-state index contributed by atoms with van der Waals surface area (Å²) in [5.41, 5.74) is 0.990. The molecule has 0 aliphatic heterocycles. The summed E-state index contributed by atoms with van der Waals surface area (Å²) in [6.45, 7) is 1.43. The number of hydrogen-bond acceptors (Lipinski definition) is 5. The van der Waals surface area contributed by atoms with Crippen molar-refractivity contribution in [2.45, 2.75) is 24.3 Å². The number of primary sulfonamides is 1. The van der Waals surface area contributed by atoms with Crippen LogP contribution in [0.5, 0.6) is 0 Å². The van der Waals surface area contributed by atoms with Gasteiger partial charge in [0, 0.05) is 10.2 Å². The minimum atomic E-state index is -3.88. The van der Waals surface area contributed by atoms with Crippen molar-refractivity contribution in [2.24, 2.45) is 5.14 Å². The molecule has 26 heavy (non-hydrogen) atoms. The summed E-state index contributed by atoms with van der Waals surface area (Å²) in [5, 5.41) is 7.54. The van der Waals surface area contributed by atoms with Gasteiger partial charge < -0.3 is 10.1 Å². The van der Waals surface area contributed by atoms with Crippen LogP contribution in [0, 0.1) is 0 Å². The highest BCUT2D eigenvalue weighted by molar-refractivity contribution is 9.10. The highest BCUT2D eigenvalue weighted by Crippen LogP contribution is 2.15. The maximum atomic E-state index is 12.1. The molecular weight excluding hydrogens is 424 g/mol. The van der Waals surface area contributed by atoms with E-state index in [0.29, 0.717) is 0 Å². The van der Waals surface area contributed by atoms with Crippen molar-refractivity contribution in [1.82, 2.24) is 0 Å². The van der Waals surface area contributed by atoms with E-state index in [1.165, 1.54) is 31.2 Å². The number of carbonyl (C=O) groups excluding carboxylic acids is 2. The van der Waals surface area contributed by atoms with Crippen molar-refractivity contribution in [3.8, 4) is 0 Å². The van der Waals surface area contributed by atoms with Crippen molar-refractivity contribution in [3.05, 3.63) is 58.6 Å². The van der Waals surface area contributed by atoms with Gasteiger partial charge in [-0.05, 0) is 42.8 Å². The summed E-state index contributed by atoms with van der Waals surface area (Å²) in [5.74, 6) is -1.13. The minimum absolute atomic E-state index is 0.0335. The van der Waals surface area contributed by atoms with Gasteiger partial charge in [-0.2, -0.15) is 0 Å². The van der Waals surface area contributed by atoms with E-state index in [9.17, 15) is 18.0 Å². The first-order chi connectivity index (χ1) is 12.1. The summed E-state index contributed by atoms with van der Waals surface area (Å²) in [6, 6.07) is 12.6. The number of amides is 1. The lowest BCUT2D eigenvalue weighted by atomic mass is 10.1. The standard InChI is InChI=1S/C17H17BrN2O5S/c1-11(25-16(21)9-12-5-7-13(18)8-6-12)17(22)20-14-3-2-4-15(10-14)26(19,23)24/h2-8,10-11H,9H2,1H3,(H,20,22)(H2,19,23,24). The lowest BCUT2D eigenvalue weighted by molar-refractivity contribution is -0.152. The number of hydrogen-bond donors (Lipinski definition) is 2. The predicted octanol–water partition coefficient (Wildman–Crippen LogP) is 2.21. The van der Waals surface area contributed by atoms with E-state index >= 15 is 0 Å². The molecule has 0 aliphatic rings. The molecule has 0 saturated carbocycles. The lowest BCUT2D eigenvalue weighted by Crippen LogP contribution is -2.30. The van der Waals surface area contributed by atoms with Crippen molar-refractivity contribution in [2.75, 3.05) is 5.32 Å². The molecule has 138 valence electrons. The zero-order valence-electron chi connectivity index (χ0n) is 13.8. The van der Waals surface area contributed by atoms with Gasteiger partial charge in [-0.1, -0.05) is 34.1 Å². The van der Waals surface area contributed by atoms with Crippen LogP contribution in [0.15, 0.2) is 57.9 Å². The van der Waals surface area contributed by atoms with Gasteiger partial charge in [0.1, 0.15) is 0 Å². The molecule has 0 aliphatic carbocycles. The van der Waals surface area contributed by atoms with E-state index in [1.807, 2.05) is 0 Å². The number of rotatable bonds is 6. The average Bonchev–Trinajstić information content (AvgIpc) is 2.56. The van der Waals surface area contributed by atoms with E-state index in [0.717, 1.165) is 10.0 Å². The Labute approximate surface area is 159 Å². The first-order valence-electron chi connectivity index (χ1n) is 7.53. The van der Waals surface area contributed by atoms with Crippen LogP contribution in [-0.2, 0) is 30.8 Å². The number of nitrogens with two attached hydrogens (primary N) is 1. The second-order valence-electron chi connectivity index (χ2n) is 5.50. The fraction of sp³-hybridized carbons (Fsp3) is 0.176. The molecule has 0 bridgehead atoms. The zero-order chi connectivity index (χ0) is 19.3. The Bertz CT molecular complexity index is 913. The Hall–Kier alpha value is -2.23. The van der Waals surface area contributed by atoms with Crippen LogP contribution >= 0.6 is 15.9 Å². The number of esters is 1. The van der Waals surface area contributed by atoms with Crippen LogP contribution in [0.4, 0.5) is 5.69 Å². The number of benzene rings is 2. The lowest BCUT2D eigenvalue weighted by Gasteiger charge is -2.14. The van der Waals surface area contributed by atoms with Gasteiger partial charge in [0.25, 0.3) is 5.91 Å². The van der Waals surface area contributed by atoms with Gasteiger partial charge in [0.15, 0.2) is 6.10 Å². The SMILES string of the molecule is CC(OC(=O)Cc1ccc(Br)cc1)C(=O)Nc1cccc(S(N)(=O)=O)c1. The fourth-order valence-corrected chi connectivity index (χ4v) is 2.88. The second kappa shape index (κ2) is 8.43. The number of ether oxygens (including phenoxy) is 1. The fourth-order valence-electron chi connectivity index (χ4n) is 2.06. The smallest absolute Gasteiger partial charge is 0.311 e. The summed E-state index contributed by atoms with van der Waals surface area (Å²) in [4.78, 5) is 23.9. The number of halogens is 1. The Balaban J connectivity index is 1.95. The summed E-state index contributed by atoms with van der Waals surface area (Å²) in [7, 11) is -3.88. The van der Waals surface area contributed by atoms with E-state index in [1.54, 1.807) is 24.3 Å². The molecule has 0 saturated heterocycles. The topological polar surface area (TPSA) is 116 Å². The van der Waals surface area contributed by atoms with Crippen LogP contribution < -0.4 is 10.5 Å². The van der Waals surface area contributed by atoms with E-state index in [4.69, 9.17) is 9.88 Å². The summed E-state index contributed by atoms with van der Waals surface area (Å²) in [6.07, 6.45) is -1.01. The Kier molecular flexibility index (Phi) is 6.52. The summed E-state index contributed by atoms with van der Waals surface area (Å²) < 4.78 is 28.7. The first-order valence-corrected chi connectivity index (χ1v) is 9.87. The molecule has 1 unspecified atom stereocenters. The molecule has 0 heterocycles. The van der Waals surface area contributed by atoms with E-state index < -0.39 is 28.0 Å². The Morgan fingerprint density at radius 3 is 2.46 bits per heavy atom. The molecule has 0 fully saturated rings. The number of carbonyl (C=O) groups is 2. The zero-order valence-corrected chi connectivity index (χ0v) is 16.2. The molecule has 2 rings (SSSR count). The monoisotopic (exact) mass is 440 g/mol. The minimum Gasteiger partial charge on any atom is -0.452 e. The van der Waals surface area contributed by atoms with Gasteiger partial charge >= 0.3 is 5.97 Å². The number of anilines is 1. The third kappa shape index (κ3) is 5.94. The van der Waals surface area contributed by atoms with Crippen molar-refractivity contribution in [1.29, 1.82) is 0 Å². The van der Waals surface area contributed by atoms with Crippen LogP contribution in [0.3, 0.4) is 0 Å². The molecule has 0 aromatic heterocycles. The van der Waals surface area contributed by atoms with Crippen LogP contribution in [0.25, 0.3) is 0 Å². The molecule has 0 spiro atoms. The van der Waals surface area contributed by atoms with Crippen LogP contribution in [0.2, 0.25) is 0 Å². The van der Waals surface area contributed by atoms with Gasteiger partial charge in [0.05, 0.1) is 11.3 Å². The summed E-state index contributed by atoms with van der Waals surface area (Å²) >= 11 is 3.31. The molecule has 2 aromatic carbocycles. The van der Waals surface area contributed by atoms with Gasteiger partial charge in [-0.3, -0.25) is 9.59 Å². The van der Waals surface area contributed by atoms with E-state index in [2.05, 4.69) is 21.2 Å². The van der Waals surface area contributed by atoms with Crippen molar-refractivity contribution < 1.29 is 22.7 Å². The van der Waals surface area contributed by atoms with Gasteiger partial charge in [-0.25, -0.2) is 13.6 Å². The molecule has 0 radical (unpaired) electrons. The van der Waals surface area contributed by atoms with Crippen molar-refractivity contribution in [3.63, 3.8) is 0 Å². The second-order valence-corrected chi connectivity index (χ2v) is 7.97. The average molecular weight is 441 g/mol. The molecule has 7 nitrogen and oxygen atoms in total. The van der Waals surface area contributed by atoms with Gasteiger partial charge in [-0.15, -0.1) is 0 Å². The molecule has 1 atom stereocenters. The quantitative estimate of drug-likeness (QED) is 0.667. The number of sulfonamides is 1. The van der Waals surface area contributed by atoms with Crippen molar-refractivity contribution >= 4 is 43.5 Å².